The van der Waals surface area contributed by atoms with Gasteiger partial charge in [0.2, 0.25) is 0 Å². The monoisotopic (exact) mass is 176 g/mol. The number of hydrogen-bond acceptors (Lipinski definition) is 1. The van der Waals surface area contributed by atoms with E-state index >= 15 is 0 Å². The quantitative estimate of drug-likeness (QED) is 0.659. The van der Waals surface area contributed by atoms with Crippen LogP contribution in [0.3, 0.4) is 0 Å². The minimum atomic E-state index is 0.805. The molecule has 2 heterocycles. The fourth-order valence-electron chi connectivity index (χ4n) is 1.50. The summed E-state index contributed by atoms with van der Waals surface area (Å²) in [6, 6.07) is 4.05. The van der Waals surface area contributed by atoms with Gasteiger partial charge in [0.05, 0.1) is 26.7 Å². The highest BCUT2D eigenvalue weighted by Crippen LogP contribution is 2.24. The number of fused-ring (bicyclic) bond motifs is 1. The zero-order valence-electron chi connectivity index (χ0n) is 8.20. The van der Waals surface area contributed by atoms with Crippen LogP contribution in [0.1, 0.15) is 0 Å². The first-order chi connectivity index (χ1) is 6.09. The van der Waals surface area contributed by atoms with Crippen LogP contribution in [0, 0.1) is 0 Å². The van der Waals surface area contributed by atoms with Crippen LogP contribution in [-0.2, 0) is 0 Å². The average Bonchev–Trinajstić information content (AvgIpc) is 2.48. The van der Waals surface area contributed by atoms with E-state index in [0.29, 0.717) is 0 Å². The summed E-state index contributed by atoms with van der Waals surface area (Å²) < 4.78 is 0.805. The number of hydrogen-bond donors (Lipinski definition) is 1. The van der Waals surface area contributed by atoms with E-state index in [1.807, 2.05) is 18.5 Å². The predicted octanol–water partition coefficient (Wildman–Crippen LogP) is 1.76. The summed E-state index contributed by atoms with van der Waals surface area (Å²) in [6.45, 7) is 0. The molecule has 0 atom stereocenters. The highest BCUT2D eigenvalue weighted by atomic mass is 15.3. The van der Waals surface area contributed by atoms with E-state index in [2.05, 4.69) is 37.2 Å². The van der Waals surface area contributed by atoms with Crippen LogP contribution in [-0.4, -0.2) is 31.1 Å². The van der Waals surface area contributed by atoms with E-state index in [4.69, 9.17) is 0 Å². The Labute approximate surface area is 77.6 Å². The van der Waals surface area contributed by atoms with Crippen molar-refractivity contribution in [2.24, 2.45) is 0 Å². The molecule has 0 radical (unpaired) electrons. The molecule has 0 bridgehead atoms. The molecule has 0 aromatic carbocycles. The Bertz CT molecular complexity index is 423. The van der Waals surface area contributed by atoms with Crippen LogP contribution in [0.5, 0.6) is 0 Å². The molecule has 3 nitrogen and oxygen atoms in total. The summed E-state index contributed by atoms with van der Waals surface area (Å²) >= 11 is 0. The molecule has 0 aliphatic carbocycles. The van der Waals surface area contributed by atoms with E-state index in [1.54, 1.807) is 0 Å². The van der Waals surface area contributed by atoms with Crippen LogP contribution in [0.15, 0.2) is 24.5 Å². The Hall–Kier alpha value is -1.35. The molecule has 0 fully saturated rings. The first-order valence-electron chi connectivity index (χ1n) is 4.33. The molecule has 0 aliphatic rings. The molecule has 0 saturated heterocycles. The van der Waals surface area contributed by atoms with Gasteiger partial charge in [-0.05, 0) is 6.07 Å². The van der Waals surface area contributed by atoms with Crippen LogP contribution in [0.2, 0.25) is 0 Å². The number of nitrogens with zero attached hydrogens (tertiary/aromatic N) is 2. The number of quaternary nitrogens is 1. The van der Waals surface area contributed by atoms with Gasteiger partial charge in [0, 0.05) is 18.5 Å². The van der Waals surface area contributed by atoms with Gasteiger partial charge in [0.15, 0.2) is 5.69 Å². The molecule has 2 aromatic rings. The van der Waals surface area contributed by atoms with Gasteiger partial charge >= 0.3 is 0 Å². The maximum absolute atomic E-state index is 4.27. The van der Waals surface area contributed by atoms with Gasteiger partial charge in [-0.25, -0.2) is 0 Å². The van der Waals surface area contributed by atoms with Crippen molar-refractivity contribution >= 4 is 16.7 Å². The normalized spacial score (nSPS) is 12.2. The van der Waals surface area contributed by atoms with Gasteiger partial charge in [0.1, 0.15) is 5.52 Å². The maximum Gasteiger partial charge on any atom is 0.159 e. The molecule has 1 N–H and O–H groups in total. The Balaban J connectivity index is 2.75. The van der Waals surface area contributed by atoms with E-state index in [0.717, 1.165) is 15.5 Å². The highest BCUT2D eigenvalue weighted by Gasteiger charge is 2.16. The molecule has 13 heavy (non-hydrogen) atoms. The smallest absolute Gasteiger partial charge is 0.159 e. The highest BCUT2D eigenvalue weighted by molar-refractivity contribution is 5.86. The van der Waals surface area contributed by atoms with Crippen LogP contribution < -0.4 is 4.48 Å². The van der Waals surface area contributed by atoms with Gasteiger partial charge in [-0.3, -0.25) is 9.47 Å². The SMILES string of the molecule is C[N+](C)(C)c1ccnc2cc[nH]c12. The average molecular weight is 176 g/mol. The van der Waals surface area contributed by atoms with Crippen molar-refractivity contribution in [3.63, 3.8) is 0 Å². The number of aromatic amines is 1. The molecule has 2 rings (SSSR count). The van der Waals surface area contributed by atoms with Crippen molar-refractivity contribution in [1.82, 2.24) is 14.5 Å². The van der Waals surface area contributed by atoms with E-state index < -0.39 is 0 Å². The lowest BCUT2D eigenvalue weighted by Crippen LogP contribution is -2.35. The van der Waals surface area contributed by atoms with Gasteiger partial charge in [-0.1, -0.05) is 0 Å². The lowest BCUT2D eigenvalue weighted by molar-refractivity contribution is 0.489. The zero-order chi connectivity index (χ0) is 9.47. The number of pyridine rings is 1. The number of H-pyrrole nitrogens is 1. The van der Waals surface area contributed by atoms with Crippen LogP contribution >= 0.6 is 0 Å². The van der Waals surface area contributed by atoms with Crippen molar-refractivity contribution in [2.75, 3.05) is 21.1 Å². The zero-order valence-corrected chi connectivity index (χ0v) is 8.20. The number of aromatic nitrogens is 2. The van der Waals surface area contributed by atoms with Gasteiger partial charge in [0.25, 0.3) is 0 Å². The summed E-state index contributed by atoms with van der Waals surface area (Å²) in [5, 5.41) is 0. The van der Waals surface area contributed by atoms with Crippen molar-refractivity contribution in [3.8, 4) is 0 Å². The van der Waals surface area contributed by atoms with Crippen molar-refractivity contribution in [3.05, 3.63) is 24.5 Å². The third-order valence-electron chi connectivity index (χ3n) is 2.15. The fourth-order valence-corrected chi connectivity index (χ4v) is 1.50. The molecule has 0 saturated carbocycles. The summed E-state index contributed by atoms with van der Waals surface area (Å²) in [5.41, 5.74) is 3.43. The Morgan fingerprint density at radius 1 is 1.23 bits per heavy atom. The Morgan fingerprint density at radius 3 is 2.69 bits per heavy atom. The van der Waals surface area contributed by atoms with E-state index in [9.17, 15) is 0 Å². The maximum atomic E-state index is 4.27. The first kappa shape index (κ1) is 8.26. The Morgan fingerprint density at radius 2 is 2.00 bits per heavy atom. The molecule has 0 aliphatic heterocycles. The lowest BCUT2D eigenvalue weighted by Gasteiger charge is -2.23. The molecule has 2 aromatic heterocycles. The second kappa shape index (κ2) is 2.57. The van der Waals surface area contributed by atoms with Crippen molar-refractivity contribution in [2.45, 2.75) is 0 Å². The van der Waals surface area contributed by atoms with E-state index in [-0.39, 0.29) is 0 Å². The molecule has 0 amide bonds. The molecular weight excluding hydrogens is 162 g/mol. The Kier molecular flexibility index (Phi) is 1.63. The summed E-state index contributed by atoms with van der Waals surface area (Å²) in [7, 11) is 6.45. The molecule has 0 spiro atoms. The van der Waals surface area contributed by atoms with Crippen molar-refractivity contribution < 1.29 is 0 Å². The molecular formula is C10H14N3+. The topological polar surface area (TPSA) is 28.7 Å². The second-order valence-electron chi connectivity index (χ2n) is 4.08. The van der Waals surface area contributed by atoms with Gasteiger partial charge in [-0.15, -0.1) is 0 Å². The molecule has 68 valence electrons. The van der Waals surface area contributed by atoms with E-state index in [1.165, 1.54) is 5.69 Å². The van der Waals surface area contributed by atoms with Gasteiger partial charge in [-0.2, -0.15) is 0 Å². The van der Waals surface area contributed by atoms with Crippen LogP contribution in [0.25, 0.3) is 11.0 Å². The standard InChI is InChI=1S/C10H14N3/c1-13(2,3)9-5-7-11-8-4-6-12-10(8)9/h4-7,12H,1-3H3/q+1. The number of nitrogens with one attached hydrogen (secondary N) is 1. The summed E-state index contributed by atoms with van der Waals surface area (Å²) in [6.07, 6.45) is 3.78. The largest absolute Gasteiger partial charge is 0.355 e. The molecule has 0 unspecified atom stereocenters. The van der Waals surface area contributed by atoms with Crippen molar-refractivity contribution in [1.29, 1.82) is 0 Å². The minimum Gasteiger partial charge on any atom is -0.355 e. The summed E-state index contributed by atoms with van der Waals surface area (Å²) in [5.74, 6) is 0. The molecule has 3 heteroatoms. The third kappa shape index (κ3) is 1.31. The van der Waals surface area contributed by atoms with Gasteiger partial charge < -0.3 is 4.98 Å². The van der Waals surface area contributed by atoms with Crippen LogP contribution in [0.4, 0.5) is 5.69 Å². The number of rotatable bonds is 1. The summed E-state index contributed by atoms with van der Waals surface area (Å²) in [4.78, 5) is 7.49. The predicted molar refractivity (Wildman–Crippen MR) is 55.7 cm³/mol. The lowest BCUT2D eigenvalue weighted by atomic mass is 10.3. The second-order valence-corrected chi connectivity index (χ2v) is 4.08. The first-order valence-corrected chi connectivity index (χ1v) is 4.33. The third-order valence-corrected chi connectivity index (χ3v) is 2.15. The fraction of sp³-hybridized carbons (Fsp3) is 0.300. The minimum absolute atomic E-state index is 0.805.